The average molecular weight is 715 g/mol. The van der Waals surface area contributed by atoms with E-state index in [4.69, 9.17) is 4.74 Å². The number of morpholine rings is 1. The standard InChI is InChI=1S/C37H46F4N6O4/c1-4-23(2)33(45-31(48)20-25-8-5-6-11-29(25)38)24(3)46-36(35(50)43-22-32(49)42-14-15-47-16-18-51-19-17-47)13-12-30-27(21-36)26-9-7-10-28(34(26)44-30)37(39,40)41/h5-11,23,33,44,46H,3-4,12-22H2,1-2H3,(H,42,49)(H,43,50)(H,45,48)/t23?,33-,36+/m0/s1. The van der Waals surface area contributed by atoms with Crippen molar-refractivity contribution in [3.8, 4) is 0 Å². The Kier molecular flexibility index (Phi) is 12.1. The lowest BCUT2D eigenvalue weighted by Gasteiger charge is -2.40. The Balaban J connectivity index is 1.37. The van der Waals surface area contributed by atoms with E-state index in [1.165, 1.54) is 24.3 Å². The number of alkyl halides is 3. The number of carbonyl (C=O) groups excluding carboxylic acids is 3. The number of H-pyrrole nitrogens is 1. The number of fused-ring (bicyclic) bond motifs is 3. The molecule has 1 aliphatic carbocycles. The molecule has 276 valence electrons. The zero-order chi connectivity index (χ0) is 36.8. The van der Waals surface area contributed by atoms with Crippen molar-refractivity contribution in [3.05, 3.63) is 82.9 Å². The molecule has 0 radical (unpaired) electrons. The first-order valence-corrected chi connectivity index (χ1v) is 17.4. The molecule has 1 aliphatic heterocycles. The number of ether oxygens (including phenoxy) is 1. The zero-order valence-electron chi connectivity index (χ0n) is 29.0. The van der Waals surface area contributed by atoms with E-state index in [9.17, 15) is 31.9 Å². The molecule has 1 saturated heterocycles. The molecule has 2 aliphatic rings. The van der Waals surface area contributed by atoms with Crippen LogP contribution < -0.4 is 21.3 Å². The van der Waals surface area contributed by atoms with Gasteiger partial charge in [-0.1, -0.05) is 57.2 Å². The van der Waals surface area contributed by atoms with Gasteiger partial charge in [0.25, 0.3) is 0 Å². The second-order valence-corrected chi connectivity index (χ2v) is 13.4. The summed E-state index contributed by atoms with van der Waals surface area (Å²) < 4.78 is 61.6. The summed E-state index contributed by atoms with van der Waals surface area (Å²) in [6.07, 6.45) is -3.79. The smallest absolute Gasteiger partial charge is 0.379 e. The number of benzene rings is 2. The van der Waals surface area contributed by atoms with Gasteiger partial charge in [0.2, 0.25) is 17.7 Å². The van der Waals surface area contributed by atoms with Crippen molar-refractivity contribution in [2.75, 3.05) is 45.9 Å². The average Bonchev–Trinajstić information content (AvgIpc) is 3.48. The van der Waals surface area contributed by atoms with Crippen LogP contribution in [-0.4, -0.2) is 85.1 Å². The predicted octanol–water partition coefficient (Wildman–Crippen LogP) is 3.99. The Bertz CT molecular complexity index is 1740. The van der Waals surface area contributed by atoms with E-state index in [1.54, 1.807) is 12.1 Å². The number of aryl methyl sites for hydroxylation is 1. The highest BCUT2D eigenvalue weighted by Gasteiger charge is 2.45. The predicted molar refractivity (Wildman–Crippen MR) is 185 cm³/mol. The second-order valence-electron chi connectivity index (χ2n) is 13.4. The van der Waals surface area contributed by atoms with Crippen LogP contribution in [0, 0.1) is 11.7 Å². The molecule has 5 N–H and O–H groups in total. The van der Waals surface area contributed by atoms with Gasteiger partial charge in [-0.2, -0.15) is 13.2 Å². The van der Waals surface area contributed by atoms with Gasteiger partial charge in [0.1, 0.15) is 11.4 Å². The van der Waals surface area contributed by atoms with Crippen molar-refractivity contribution in [1.29, 1.82) is 0 Å². The highest BCUT2D eigenvalue weighted by molar-refractivity contribution is 5.94. The van der Waals surface area contributed by atoms with E-state index < -0.39 is 41.0 Å². The van der Waals surface area contributed by atoms with E-state index in [2.05, 4.69) is 37.7 Å². The van der Waals surface area contributed by atoms with Crippen LogP contribution in [0.15, 0.2) is 54.7 Å². The Hall–Kier alpha value is -4.43. The van der Waals surface area contributed by atoms with Gasteiger partial charge in [-0.3, -0.25) is 19.3 Å². The van der Waals surface area contributed by atoms with Gasteiger partial charge < -0.3 is 31.0 Å². The molecule has 0 bridgehead atoms. The van der Waals surface area contributed by atoms with Crippen molar-refractivity contribution in [3.63, 3.8) is 0 Å². The van der Waals surface area contributed by atoms with Gasteiger partial charge in [0, 0.05) is 49.4 Å². The van der Waals surface area contributed by atoms with Gasteiger partial charge in [-0.25, -0.2) is 4.39 Å². The van der Waals surface area contributed by atoms with Crippen LogP contribution in [0.1, 0.15) is 49.1 Å². The topological polar surface area (TPSA) is 128 Å². The first-order valence-electron chi connectivity index (χ1n) is 17.4. The number of para-hydroxylation sites is 1. The molecular formula is C37H46F4N6O4. The maximum atomic E-state index is 14.3. The Morgan fingerprint density at radius 2 is 1.80 bits per heavy atom. The summed E-state index contributed by atoms with van der Waals surface area (Å²) in [6, 6.07) is 9.27. The lowest BCUT2D eigenvalue weighted by Crippen LogP contribution is -2.62. The van der Waals surface area contributed by atoms with Crippen LogP contribution in [0.3, 0.4) is 0 Å². The lowest BCUT2D eigenvalue weighted by molar-refractivity contribution is -0.136. The van der Waals surface area contributed by atoms with Crippen LogP contribution in [0.4, 0.5) is 17.6 Å². The van der Waals surface area contributed by atoms with Crippen molar-refractivity contribution >= 4 is 28.6 Å². The number of aromatic amines is 1. The molecule has 3 aromatic rings. The summed E-state index contributed by atoms with van der Waals surface area (Å²) in [6.45, 7) is 11.6. The zero-order valence-corrected chi connectivity index (χ0v) is 29.0. The fraction of sp³-hybridized carbons (Fsp3) is 0.486. The summed E-state index contributed by atoms with van der Waals surface area (Å²) in [5.74, 6) is -2.02. The second kappa shape index (κ2) is 16.3. The maximum absolute atomic E-state index is 14.3. The number of nitrogens with zero attached hydrogens (tertiary/aromatic N) is 1. The van der Waals surface area contributed by atoms with E-state index in [0.29, 0.717) is 55.1 Å². The number of hydrogen-bond donors (Lipinski definition) is 5. The van der Waals surface area contributed by atoms with Gasteiger partial charge in [-0.15, -0.1) is 0 Å². The minimum atomic E-state index is -4.59. The largest absolute Gasteiger partial charge is 0.418 e. The summed E-state index contributed by atoms with van der Waals surface area (Å²) >= 11 is 0. The third kappa shape index (κ3) is 9.09. The molecule has 3 atom stereocenters. The molecule has 2 heterocycles. The molecule has 5 rings (SSSR count). The lowest BCUT2D eigenvalue weighted by atomic mass is 9.78. The Morgan fingerprint density at radius 3 is 2.51 bits per heavy atom. The number of amides is 3. The fourth-order valence-corrected chi connectivity index (χ4v) is 6.87. The van der Waals surface area contributed by atoms with Gasteiger partial charge >= 0.3 is 6.18 Å². The number of aromatic nitrogens is 1. The monoisotopic (exact) mass is 714 g/mol. The van der Waals surface area contributed by atoms with Crippen molar-refractivity contribution in [2.45, 2.75) is 63.7 Å². The fourth-order valence-electron chi connectivity index (χ4n) is 6.87. The highest BCUT2D eigenvalue weighted by Crippen LogP contribution is 2.40. The number of rotatable bonds is 14. The highest BCUT2D eigenvalue weighted by atomic mass is 19.4. The van der Waals surface area contributed by atoms with Crippen LogP contribution >= 0.6 is 0 Å². The molecule has 1 fully saturated rings. The minimum absolute atomic E-state index is 0.0104. The third-order valence-electron chi connectivity index (χ3n) is 9.93. The molecule has 0 spiro atoms. The van der Waals surface area contributed by atoms with Crippen molar-refractivity contribution in [1.82, 2.24) is 31.2 Å². The number of carbonyl (C=O) groups is 3. The third-order valence-corrected chi connectivity index (χ3v) is 9.93. The first kappa shape index (κ1) is 37.8. The maximum Gasteiger partial charge on any atom is 0.418 e. The minimum Gasteiger partial charge on any atom is -0.379 e. The van der Waals surface area contributed by atoms with Crippen molar-refractivity contribution < 1.29 is 36.7 Å². The van der Waals surface area contributed by atoms with Gasteiger partial charge in [0.05, 0.1) is 43.3 Å². The quantitative estimate of drug-likeness (QED) is 0.161. The normalized spacial score (nSPS) is 19.1. The Labute approximate surface area is 294 Å². The summed E-state index contributed by atoms with van der Waals surface area (Å²) in [4.78, 5) is 45.3. The molecule has 3 amide bonds. The summed E-state index contributed by atoms with van der Waals surface area (Å²) in [5.41, 5.74) is -0.591. The Morgan fingerprint density at radius 1 is 1.06 bits per heavy atom. The molecule has 1 aromatic heterocycles. The number of halogens is 4. The van der Waals surface area contributed by atoms with E-state index in [-0.39, 0.29) is 55.1 Å². The molecule has 0 saturated carbocycles. The van der Waals surface area contributed by atoms with Crippen LogP contribution in [0.5, 0.6) is 0 Å². The molecule has 14 heteroatoms. The van der Waals surface area contributed by atoms with E-state index in [0.717, 1.165) is 19.2 Å². The van der Waals surface area contributed by atoms with Crippen LogP contribution in [-0.2, 0) is 44.6 Å². The molecule has 1 unspecified atom stereocenters. The SMILES string of the molecule is C=C(N[C@]1(C(=O)NCC(=O)NCCN2CCOCC2)CCc2[nH]c3c(C(F)(F)F)cccc3c2C1)[C@@H](NC(=O)Cc1ccccc1F)C(C)CC. The first-order chi connectivity index (χ1) is 24.3. The van der Waals surface area contributed by atoms with Crippen molar-refractivity contribution in [2.24, 2.45) is 5.92 Å². The number of nitrogens with one attached hydrogen (secondary N) is 5. The number of hydrogen-bond acceptors (Lipinski definition) is 6. The molecule has 51 heavy (non-hydrogen) atoms. The summed E-state index contributed by atoms with van der Waals surface area (Å²) in [7, 11) is 0. The molecule has 2 aromatic carbocycles. The van der Waals surface area contributed by atoms with Gasteiger partial charge in [-0.05, 0) is 42.0 Å². The van der Waals surface area contributed by atoms with Gasteiger partial charge in [0.15, 0.2) is 0 Å². The van der Waals surface area contributed by atoms with E-state index in [1.807, 2.05) is 13.8 Å². The molecular weight excluding hydrogens is 668 g/mol. The summed E-state index contributed by atoms with van der Waals surface area (Å²) in [5, 5.41) is 12.2. The van der Waals surface area contributed by atoms with Crippen LogP contribution in [0.25, 0.3) is 10.9 Å². The molecule has 10 nitrogen and oxygen atoms in total. The van der Waals surface area contributed by atoms with Crippen LogP contribution in [0.2, 0.25) is 0 Å². The van der Waals surface area contributed by atoms with E-state index >= 15 is 0 Å².